The van der Waals surface area contributed by atoms with Crippen molar-refractivity contribution in [3.8, 4) is 5.75 Å². The van der Waals surface area contributed by atoms with Crippen LogP contribution in [0.15, 0.2) is 40.9 Å². The van der Waals surface area contributed by atoms with Gasteiger partial charge in [0.2, 0.25) is 0 Å². The van der Waals surface area contributed by atoms with Crippen LogP contribution in [0.2, 0.25) is 5.02 Å². The van der Waals surface area contributed by atoms with Gasteiger partial charge >= 0.3 is 0 Å². The summed E-state index contributed by atoms with van der Waals surface area (Å²) in [5, 5.41) is 20.2. The molecule has 0 aliphatic heterocycles. The van der Waals surface area contributed by atoms with E-state index in [9.17, 15) is 14.6 Å². The number of phenols is 1. The lowest BCUT2D eigenvalue weighted by Gasteiger charge is -2.14. The van der Waals surface area contributed by atoms with Crippen LogP contribution in [0.25, 0.3) is 0 Å². The van der Waals surface area contributed by atoms with Crippen molar-refractivity contribution >= 4 is 27.5 Å². The highest BCUT2D eigenvalue weighted by Crippen LogP contribution is 2.35. The third-order valence-corrected chi connectivity index (χ3v) is 3.44. The first-order valence-electron chi connectivity index (χ1n) is 5.11. The molecule has 0 radical (unpaired) electrons. The third-order valence-electron chi connectivity index (χ3n) is 2.57. The van der Waals surface area contributed by atoms with Crippen LogP contribution < -0.4 is 0 Å². The zero-order valence-electron chi connectivity index (χ0n) is 9.07. The highest BCUT2D eigenvalue weighted by molar-refractivity contribution is 9.10. The lowest BCUT2D eigenvalue weighted by molar-refractivity contribution is 0.210. The number of rotatable bonds is 2. The SMILES string of the molecule is Oc1c(Br)cccc1C(O)c1ccc(Cl)cc1F. The minimum absolute atomic E-state index is 0.0628. The first kappa shape index (κ1) is 13.3. The molecule has 1 unspecified atom stereocenters. The van der Waals surface area contributed by atoms with Gasteiger partial charge in [-0.2, -0.15) is 0 Å². The topological polar surface area (TPSA) is 40.5 Å². The van der Waals surface area contributed by atoms with E-state index in [2.05, 4.69) is 15.9 Å². The van der Waals surface area contributed by atoms with Crippen LogP contribution in [-0.2, 0) is 0 Å². The summed E-state index contributed by atoms with van der Waals surface area (Å²) in [5.41, 5.74) is 0.290. The molecule has 5 heteroatoms. The highest BCUT2D eigenvalue weighted by Gasteiger charge is 2.19. The van der Waals surface area contributed by atoms with Crippen molar-refractivity contribution in [3.05, 3.63) is 62.8 Å². The van der Waals surface area contributed by atoms with Gasteiger partial charge in [0.05, 0.1) is 4.47 Å². The Morgan fingerprint density at radius 2 is 1.89 bits per heavy atom. The Balaban J connectivity index is 2.48. The summed E-state index contributed by atoms with van der Waals surface area (Å²) in [7, 11) is 0. The number of phenolic OH excluding ortho intramolecular Hbond substituents is 1. The lowest BCUT2D eigenvalue weighted by Crippen LogP contribution is -2.03. The molecule has 0 saturated carbocycles. The van der Waals surface area contributed by atoms with E-state index in [1.54, 1.807) is 12.1 Å². The van der Waals surface area contributed by atoms with Crippen LogP contribution in [0.4, 0.5) is 4.39 Å². The average Bonchev–Trinajstić information content (AvgIpc) is 2.32. The zero-order chi connectivity index (χ0) is 13.3. The molecule has 0 spiro atoms. The summed E-state index contributed by atoms with van der Waals surface area (Å²) in [5.74, 6) is -0.728. The average molecular weight is 332 g/mol. The Hall–Kier alpha value is -1.10. The lowest BCUT2D eigenvalue weighted by atomic mass is 10.0. The Labute approximate surface area is 117 Å². The molecule has 2 aromatic rings. The molecule has 0 bridgehead atoms. The maximum Gasteiger partial charge on any atom is 0.135 e. The number of para-hydroxylation sites is 1. The molecule has 2 rings (SSSR count). The van der Waals surface area contributed by atoms with E-state index in [1.807, 2.05) is 0 Å². The molecule has 0 amide bonds. The molecule has 0 heterocycles. The van der Waals surface area contributed by atoms with Gasteiger partial charge in [-0.1, -0.05) is 29.8 Å². The molecule has 0 aliphatic rings. The van der Waals surface area contributed by atoms with Gasteiger partial charge in [-0.15, -0.1) is 0 Å². The summed E-state index contributed by atoms with van der Waals surface area (Å²) in [6.07, 6.45) is -1.25. The molecule has 1 atom stereocenters. The maximum absolute atomic E-state index is 13.7. The fourth-order valence-electron chi connectivity index (χ4n) is 1.64. The third kappa shape index (κ3) is 2.51. The van der Waals surface area contributed by atoms with Gasteiger partial charge in [-0.25, -0.2) is 4.39 Å². The molecular formula is C13H9BrClFO2. The zero-order valence-corrected chi connectivity index (χ0v) is 11.4. The largest absolute Gasteiger partial charge is 0.506 e. The highest BCUT2D eigenvalue weighted by atomic mass is 79.9. The molecule has 2 aromatic carbocycles. The van der Waals surface area contributed by atoms with E-state index in [4.69, 9.17) is 11.6 Å². The molecule has 0 fully saturated rings. The van der Waals surface area contributed by atoms with Crippen molar-refractivity contribution in [2.24, 2.45) is 0 Å². The Morgan fingerprint density at radius 1 is 1.17 bits per heavy atom. The van der Waals surface area contributed by atoms with E-state index < -0.39 is 11.9 Å². The smallest absolute Gasteiger partial charge is 0.135 e. The fourth-order valence-corrected chi connectivity index (χ4v) is 2.18. The number of hydrogen-bond acceptors (Lipinski definition) is 2. The Bertz CT molecular complexity index is 589. The van der Waals surface area contributed by atoms with Gasteiger partial charge in [0.15, 0.2) is 0 Å². The predicted octanol–water partition coefficient (Wildman–Crippen LogP) is 4.03. The minimum Gasteiger partial charge on any atom is -0.506 e. The van der Waals surface area contributed by atoms with Crippen molar-refractivity contribution < 1.29 is 14.6 Å². The Morgan fingerprint density at radius 3 is 2.56 bits per heavy atom. The van der Waals surface area contributed by atoms with Crippen LogP contribution in [0.1, 0.15) is 17.2 Å². The van der Waals surface area contributed by atoms with Crippen molar-refractivity contribution in [1.29, 1.82) is 0 Å². The molecule has 0 aromatic heterocycles. The van der Waals surface area contributed by atoms with Gasteiger partial charge in [0, 0.05) is 16.1 Å². The summed E-state index contributed by atoms with van der Waals surface area (Å²) in [6.45, 7) is 0. The van der Waals surface area contributed by atoms with Gasteiger partial charge in [-0.3, -0.25) is 0 Å². The summed E-state index contributed by atoms with van der Waals surface area (Å²) in [4.78, 5) is 0. The number of aliphatic hydroxyl groups excluding tert-OH is 1. The number of benzene rings is 2. The standard InChI is InChI=1S/C13H9BrClFO2/c14-10-3-1-2-9(13(10)18)12(17)8-5-4-7(15)6-11(8)16/h1-6,12,17-18H. The van der Waals surface area contributed by atoms with Crippen molar-refractivity contribution in [3.63, 3.8) is 0 Å². The molecule has 0 saturated heterocycles. The summed E-state index contributed by atoms with van der Waals surface area (Å²) >= 11 is 8.79. The van der Waals surface area contributed by atoms with Crippen LogP contribution in [0, 0.1) is 5.82 Å². The van der Waals surface area contributed by atoms with Gasteiger partial charge in [0.25, 0.3) is 0 Å². The van der Waals surface area contributed by atoms with Crippen LogP contribution in [0.3, 0.4) is 0 Å². The van der Waals surface area contributed by atoms with Crippen LogP contribution in [0.5, 0.6) is 5.75 Å². The van der Waals surface area contributed by atoms with Crippen LogP contribution >= 0.6 is 27.5 Å². The quantitative estimate of drug-likeness (QED) is 0.872. The minimum atomic E-state index is -1.25. The van der Waals surface area contributed by atoms with E-state index in [1.165, 1.54) is 18.2 Å². The fraction of sp³-hybridized carbons (Fsp3) is 0.0769. The second-order valence-electron chi connectivity index (χ2n) is 3.75. The van der Waals surface area contributed by atoms with E-state index in [-0.39, 0.29) is 21.9 Å². The van der Waals surface area contributed by atoms with Gasteiger partial charge in [0.1, 0.15) is 17.7 Å². The summed E-state index contributed by atoms with van der Waals surface area (Å²) in [6, 6.07) is 8.80. The molecular weight excluding hydrogens is 322 g/mol. The molecule has 0 aliphatic carbocycles. The van der Waals surface area contributed by atoms with Crippen LogP contribution in [-0.4, -0.2) is 10.2 Å². The normalized spacial score (nSPS) is 12.4. The summed E-state index contributed by atoms with van der Waals surface area (Å²) < 4.78 is 14.1. The monoisotopic (exact) mass is 330 g/mol. The molecule has 2 N–H and O–H groups in total. The Kier molecular flexibility index (Phi) is 3.90. The molecule has 2 nitrogen and oxygen atoms in total. The van der Waals surface area contributed by atoms with Gasteiger partial charge < -0.3 is 10.2 Å². The number of aromatic hydroxyl groups is 1. The van der Waals surface area contributed by atoms with E-state index in [0.29, 0.717) is 4.47 Å². The maximum atomic E-state index is 13.7. The van der Waals surface area contributed by atoms with E-state index >= 15 is 0 Å². The van der Waals surface area contributed by atoms with Crippen molar-refractivity contribution in [2.45, 2.75) is 6.10 Å². The first-order chi connectivity index (χ1) is 8.50. The predicted molar refractivity (Wildman–Crippen MR) is 71.3 cm³/mol. The second kappa shape index (κ2) is 5.26. The number of hydrogen-bond donors (Lipinski definition) is 2. The molecule has 94 valence electrons. The second-order valence-corrected chi connectivity index (χ2v) is 5.04. The van der Waals surface area contributed by atoms with Crippen molar-refractivity contribution in [2.75, 3.05) is 0 Å². The first-order valence-corrected chi connectivity index (χ1v) is 6.28. The van der Waals surface area contributed by atoms with Crippen molar-refractivity contribution in [1.82, 2.24) is 0 Å². The van der Waals surface area contributed by atoms with Gasteiger partial charge in [-0.05, 0) is 34.1 Å². The number of halogens is 3. The molecule has 18 heavy (non-hydrogen) atoms. The van der Waals surface area contributed by atoms with E-state index in [0.717, 1.165) is 6.07 Å². The number of aliphatic hydroxyl groups is 1.